The van der Waals surface area contributed by atoms with Crippen molar-refractivity contribution < 1.29 is 14.6 Å². The van der Waals surface area contributed by atoms with E-state index in [0.717, 1.165) is 38.2 Å². The Bertz CT molecular complexity index is 452. The highest BCUT2D eigenvalue weighted by molar-refractivity contribution is 5.68. The number of likely N-dealkylation sites (N-methyl/N-ethyl adjacent to an activating group) is 1. The van der Waals surface area contributed by atoms with Gasteiger partial charge in [-0.15, -0.1) is 0 Å². The van der Waals surface area contributed by atoms with Crippen LogP contribution in [0, 0.1) is 5.92 Å². The molecule has 0 bridgehead atoms. The Balaban J connectivity index is 1.73. The molecule has 1 aliphatic heterocycles. The van der Waals surface area contributed by atoms with Gasteiger partial charge in [0, 0.05) is 26.2 Å². The number of hydrogen-bond donors (Lipinski definition) is 1. The molecule has 0 spiro atoms. The fourth-order valence-corrected chi connectivity index (χ4v) is 2.84. The smallest absolute Gasteiger partial charge is 0.410 e. The van der Waals surface area contributed by atoms with Crippen molar-refractivity contribution in [3.8, 4) is 0 Å². The van der Waals surface area contributed by atoms with Gasteiger partial charge in [0.2, 0.25) is 0 Å². The highest BCUT2D eigenvalue weighted by atomic mass is 16.6. The molecule has 1 aliphatic rings. The van der Waals surface area contributed by atoms with Crippen LogP contribution in [0.25, 0.3) is 0 Å². The van der Waals surface area contributed by atoms with Crippen molar-refractivity contribution in [3.05, 3.63) is 35.9 Å². The number of benzene rings is 1. The van der Waals surface area contributed by atoms with E-state index >= 15 is 0 Å². The van der Waals surface area contributed by atoms with Crippen LogP contribution < -0.4 is 0 Å². The topological polar surface area (TPSA) is 53.0 Å². The molecule has 122 valence electrons. The molecule has 1 N–H and O–H groups in total. The Kier molecular flexibility index (Phi) is 6.68. The molecule has 0 radical (unpaired) electrons. The summed E-state index contributed by atoms with van der Waals surface area (Å²) in [7, 11) is 0. The minimum Gasteiger partial charge on any atom is -0.445 e. The zero-order valence-corrected chi connectivity index (χ0v) is 13.3. The molecule has 5 heteroatoms. The molecule has 1 atom stereocenters. The second-order valence-electron chi connectivity index (χ2n) is 5.76. The van der Waals surface area contributed by atoms with Crippen LogP contribution in [0.1, 0.15) is 18.9 Å². The molecule has 1 aromatic carbocycles. The summed E-state index contributed by atoms with van der Waals surface area (Å²) in [5.74, 6) is 0.468. The third-order valence-electron chi connectivity index (χ3n) is 4.13. The fraction of sp³-hybridized carbons (Fsp3) is 0.588. The van der Waals surface area contributed by atoms with Gasteiger partial charge in [-0.3, -0.25) is 0 Å². The number of carbonyl (C=O) groups excluding carboxylic acids is 1. The summed E-state index contributed by atoms with van der Waals surface area (Å²) in [5, 5.41) is 9.03. The SMILES string of the molecule is CCN(CCO)C[C@H]1CCN(C(=O)OCc2ccccc2)C1. The van der Waals surface area contributed by atoms with Gasteiger partial charge in [-0.25, -0.2) is 4.79 Å². The van der Waals surface area contributed by atoms with Gasteiger partial charge in [0.15, 0.2) is 0 Å². The quantitative estimate of drug-likeness (QED) is 0.837. The summed E-state index contributed by atoms with van der Waals surface area (Å²) in [6.07, 6.45) is 0.777. The molecular weight excluding hydrogens is 280 g/mol. The van der Waals surface area contributed by atoms with E-state index in [1.165, 1.54) is 0 Å². The lowest BCUT2D eigenvalue weighted by molar-refractivity contribution is 0.102. The Morgan fingerprint density at radius 2 is 2.18 bits per heavy atom. The normalized spacial score (nSPS) is 18.0. The number of aliphatic hydroxyl groups is 1. The standard InChI is InChI=1S/C17H26N2O3/c1-2-18(10-11-20)12-16-8-9-19(13-16)17(21)22-14-15-6-4-3-5-7-15/h3-7,16,20H,2,8-14H2,1H3/t16-/m1/s1. The number of hydrogen-bond acceptors (Lipinski definition) is 4. The van der Waals surface area contributed by atoms with Crippen molar-refractivity contribution in [1.29, 1.82) is 0 Å². The second kappa shape index (κ2) is 8.76. The molecular formula is C17H26N2O3. The fourth-order valence-electron chi connectivity index (χ4n) is 2.84. The maximum absolute atomic E-state index is 12.1. The Labute approximate surface area is 132 Å². The van der Waals surface area contributed by atoms with Gasteiger partial charge in [0.05, 0.1) is 6.61 Å². The van der Waals surface area contributed by atoms with Crippen LogP contribution in [0.2, 0.25) is 0 Å². The Morgan fingerprint density at radius 1 is 1.41 bits per heavy atom. The third-order valence-corrected chi connectivity index (χ3v) is 4.13. The van der Waals surface area contributed by atoms with E-state index in [4.69, 9.17) is 9.84 Å². The molecule has 1 fully saturated rings. The number of amides is 1. The molecule has 1 amide bonds. The molecule has 1 aromatic rings. The van der Waals surface area contributed by atoms with Gasteiger partial charge in [0.25, 0.3) is 0 Å². The number of carbonyl (C=O) groups is 1. The van der Waals surface area contributed by atoms with Crippen LogP contribution in [0.15, 0.2) is 30.3 Å². The van der Waals surface area contributed by atoms with Gasteiger partial charge >= 0.3 is 6.09 Å². The second-order valence-corrected chi connectivity index (χ2v) is 5.76. The van der Waals surface area contributed by atoms with E-state index in [1.54, 1.807) is 4.90 Å². The number of aliphatic hydroxyl groups excluding tert-OH is 1. The lowest BCUT2D eigenvalue weighted by Gasteiger charge is -2.23. The Morgan fingerprint density at radius 3 is 2.86 bits per heavy atom. The maximum Gasteiger partial charge on any atom is 0.410 e. The first-order valence-electron chi connectivity index (χ1n) is 8.01. The first-order valence-corrected chi connectivity index (χ1v) is 8.01. The molecule has 0 unspecified atom stereocenters. The van der Waals surface area contributed by atoms with Crippen LogP contribution >= 0.6 is 0 Å². The van der Waals surface area contributed by atoms with Crippen molar-refractivity contribution >= 4 is 6.09 Å². The van der Waals surface area contributed by atoms with Crippen molar-refractivity contribution in [2.24, 2.45) is 5.92 Å². The average molecular weight is 306 g/mol. The number of nitrogens with zero attached hydrogens (tertiary/aromatic N) is 2. The predicted octanol–water partition coefficient (Wildman–Crippen LogP) is 1.96. The molecule has 22 heavy (non-hydrogen) atoms. The number of ether oxygens (including phenoxy) is 1. The highest BCUT2D eigenvalue weighted by Gasteiger charge is 2.28. The minimum absolute atomic E-state index is 0.184. The average Bonchev–Trinajstić information content (AvgIpc) is 3.02. The Hall–Kier alpha value is -1.59. The molecule has 1 saturated heterocycles. The van der Waals surface area contributed by atoms with Gasteiger partial charge in [-0.1, -0.05) is 37.3 Å². The molecule has 0 saturated carbocycles. The first-order chi connectivity index (χ1) is 10.7. The zero-order chi connectivity index (χ0) is 15.8. The highest BCUT2D eigenvalue weighted by Crippen LogP contribution is 2.18. The lowest BCUT2D eigenvalue weighted by atomic mass is 10.1. The van der Waals surface area contributed by atoms with Crippen molar-refractivity contribution in [3.63, 3.8) is 0 Å². The van der Waals surface area contributed by atoms with E-state index in [1.807, 2.05) is 30.3 Å². The van der Waals surface area contributed by atoms with Gasteiger partial charge in [-0.2, -0.15) is 0 Å². The van der Waals surface area contributed by atoms with E-state index in [9.17, 15) is 4.79 Å². The lowest BCUT2D eigenvalue weighted by Crippen LogP contribution is -2.34. The predicted molar refractivity (Wildman–Crippen MR) is 85.5 cm³/mol. The van der Waals surface area contributed by atoms with E-state index in [2.05, 4.69) is 11.8 Å². The summed E-state index contributed by atoms with van der Waals surface area (Å²) >= 11 is 0. The number of rotatable bonds is 7. The van der Waals surface area contributed by atoms with Crippen LogP contribution in [0.5, 0.6) is 0 Å². The zero-order valence-electron chi connectivity index (χ0n) is 13.3. The van der Waals surface area contributed by atoms with Gasteiger partial charge < -0.3 is 19.6 Å². The van der Waals surface area contributed by atoms with Crippen LogP contribution in [0.4, 0.5) is 4.79 Å². The number of likely N-dealkylation sites (tertiary alicyclic amines) is 1. The molecule has 1 heterocycles. The summed E-state index contributed by atoms with van der Waals surface area (Å²) in [5.41, 5.74) is 1.01. The molecule has 0 aliphatic carbocycles. The molecule has 2 rings (SSSR count). The van der Waals surface area contributed by atoms with E-state index in [0.29, 0.717) is 19.1 Å². The third kappa shape index (κ3) is 5.00. The largest absolute Gasteiger partial charge is 0.445 e. The van der Waals surface area contributed by atoms with Gasteiger partial charge in [-0.05, 0) is 24.4 Å². The minimum atomic E-state index is -0.225. The molecule has 5 nitrogen and oxygen atoms in total. The molecule has 0 aromatic heterocycles. The van der Waals surface area contributed by atoms with Crippen molar-refractivity contribution in [2.45, 2.75) is 20.0 Å². The van der Waals surface area contributed by atoms with Crippen LogP contribution in [0.3, 0.4) is 0 Å². The van der Waals surface area contributed by atoms with Crippen LogP contribution in [-0.2, 0) is 11.3 Å². The summed E-state index contributed by atoms with van der Waals surface area (Å²) in [4.78, 5) is 16.1. The van der Waals surface area contributed by atoms with E-state index < -0.39 is 0 Å². The van der Waals surface area contributed by atoms with Gasteiger partial charge in [0.1, 0.15) is 6.61 Å². The summed E-state index contributed by atoms with van der Waals surface area (Å²) < 4.78 is 5.37. The maximum atomic E-state index is 12.1. The van der Waals surface area contributed by atoms with Crippen molar-refractivity contribution in [2.75, 3.05) is 39.3 Å². The monoisotopic (exact) mass is 306 g/mol. The summed E-state index contributed by atoms with van der Waals surface area (Å²) in [6, 6.07) is 9.73. The first kappa shape index (κ1) is 16.8. The van der Waals surface area contributed by atoms with Crippen molar-refractivity contribution in [1.82, 2.24) is 9.80 Å². The van der Waals surface area contributed by atoms with E-state index in [-0.39, 0.29) is 12.7 Å². The summed E-state index contributed by atoms with van der Waals surface area (Å²) in [6.45, 7) is 6.66. The van der Waals surface area contributed by atoms with Crippen LogP contribution in [-0.4, -0.2) is 60.3 Å².